The fraction of sp³-hybridized carbons (Fsp3) is 0.600. The molecule has 0 bridgehead atoms. The highest BCUT2D eigenvalue weighted by Crippen LogP contribution is 2.18. The summed E-state index contributed by atoms with van der Waals surface area (Å²) in [5.41, 5.74) is 0. The van der Waals surface area contributed by atoms with Gasteiger partial charge in [0.05, 0.1) is 0 Å². The molecule has 0 aliphatic heterocycles. The maximum Gasteiger partial charge on any atom is 0.159 e. The number of carbonyl (C=O) groups is 2. The van der Waals surface area contributed by atoms with Gasteiger partial charge in [0.15, 0.2) is 11.6 Å². The van der Waals surface area contributed by atoms with Gasteiger partial charge in [0.25, 0.3) is 0 Å². The van der Waals surface area contributed by atoms with Crippen LogP contribution in [0.5, 0.6) is 0 Å². The maximum atomic E-state index is 11.2. The van der Waals surface area contributed by atoms with E-state index in [1.165, 1.54) is 12.2 Å². The molecule has 2 heteroatoms. The van der Waals surface area contributed by atoms with Crippen LogP contribution in [0, 0.1) is 5.92 Å². The zero-order valence-electron chi connectivity index (χ0n) is 7.38. The second-order valence-electron chi connectivity index (χ2n) is 3.25. The second kappa shape index (κ2) is 4.19. The zero-order valence-corrected chi connectivity index (χ0v) is 7.38. The standard InChI is InChI=1S/C10H14O2/c1-2-3-4-8-7-9(11)5-6-10(8)12/h5-6,8H,2-4,7H2,1H3. The van der Waals surface area contributed by atoms with E-state index in [0.717, 1.165) is 19.3 Å². The third-order valence-electron chi connectivity index (χ3n) is 2.19. The van der Waals surface area contributed by atoms with Crippen LogP contribution in [0.4, 0.5) is 0 Å². The molecular weight excluding hydrogens is 152 g/mol. The van der Waals surface area contributed by atoms with E-state index in [0.29, 0.717) is 6.42 Å². The topological polar surface area (TPSA) is 34.1 Å². The summed E-state index contributed by atoms with van der Waals surface area (Å²) in [6, 6.07) is 0. The molecule has 12 heavy (non-hydrogen) atoms. The first-order valence-corrected chi connectivity index (χ1v) is 4.48. The largest absolute Gasteiger partial charge is 0.295 e. The van der Waals surface area contributed by atoms with E-state index in [9.17, 15) is 9.59 Å². The van der Waals surface area contributed by atoms with Gasteiger partial charge in [0.1, 0.15) is 0 Å². The van der Waals surface area contributed by atoms with Crippen molar-refractivity contribution in [3.05, 3.63) is 12.2 Å². The number of hydrogen-bond acceptors (Lipinski definition) is 2. The van der Waals surface area contributed by atoms with Crippen LogP contribution in [0.1, 0.15) is 32.6 Å². The van der Waals surface area contributed by atoms with Crippen LogP contribution >= 0.6 is 0 Å². The summed E-state index contributed by atoms with van der Waals surface area (Å²) in [7, 11) is 0. The van der Waals surface area contributed by atoms with Crippen molar-refractivity contribution in [1.29, 1.82) is 0 Å². The van der Waals surface area contributed by atoms with E-state index < -0.39 is 0 Å². The fourth-order valence-electron chi connectivity index (χ4n) is 1.42. The van der Waals surface area contributed by atoms with E-state index in [1.807, 2.05) is 0 Å². The lowest BCUT2D eigenvalue weighted by molar-refractivity contribution is -0.124. The van der Waals surface area contributed by atoms with Crippen molar-refractivity contribution in [3.63, 3.8) is 0 Å². The molecule has 0 radical (unpaired) electrons. The molecule has 1 unspecified atom stereocenters. The van der Waals surface area contributed by atoms with Crippen molar-refractivity contribution in [2.45, 2.75) is 32.6 Å². The van der Waals surface area contributed by atoms with Gasteiger partial charge in [-0.15, -0.1) is 0 Å². The van der Waals surface area contributed by atoms with Crippen molar-refractivity contribution in [3.8, 4) is 0 Å². The Kier molecular flexibility index (Phi) is 3.20. The predicted octanol–water partition coefficient (Wildman–Crippen LogP) is 1.89. The smallest absolute Gasteiger partial charge is 0.159 e. The molecule has 0 aromatic heterocycles. The third-order valence-corrected chi connectivity index (χ3v) is 2.19. The Balaban J connectivity index is 2.48. The summed E-state index contributed by atoms with van der Waals surface area (Å²) in [4.78, 5) is 22.1. The van der Waals surface area contributed by atoms with Crippen molar-refractivity contribution >= 4 is 11.6 Å². The minimum Gasteiger partial charge on any atom is -0.295 e. The van der Waals surface area contributed by atoms with Crippen LogP contribution in [-0.4, -0.2) is 11.6 Å². The number of unbranched alkanes of at least 4 members (excludes halogenated alkanes) is 1. The van der Waals surface area contributed by atoms with Gasteiger partial charge in [0, 0.05) is 12.3 Å². The van der Waals surface area contributed by atoms with Crippen molar-refractivity contribution in [2.24, 2.45) is 5.92 Å². The number of ketones is 2. The molecule has 1 rings (SSSR count). The van der Waals surface area contributed by atoms with Gasteiger partial charge >= 0.3 is 0 Å². The Morgan fingerprint density at radius 3 is 2.83 bits per heavy atom. The van der Waals surface area contributed by atoms with Crippen LogP contribution in [0.15, 0.2) is 12.2 Å². The molecule has 1 aliphatic carbocycles. The first kappa shape index (κ1) is 9.17. The van der Waals surface area contributed by atoms with Crippen LogP contribution in [0.25, 0.3) is 0 Å². The van der Waals surface area contributed by atoms with E-state index >= 15 is 0 Å². The Hall–Kier alpha value is -0.920. The molecule has 2 nitrogen and oxygen atoms in total. The quantitative estimate of drug-likeness (QED) is 0.641. The average molecular weight is 166 g/mol. The second-order valence-corrected chi connectivity index (χ2v) is 3.25. The van der Waals surface area contributed by atoms with Crippen LogP contribution in [0.2, 0.25) is 0 Å². The summed E-state index contributed by atoms with van der Waals surface area (Å²) < 4.78 is 0. The number of allylic oxidation sites excluding steroid dienone is 2. The van der Waals surface area contributed by atoms with E-state index in [1.54, 1.807) is 0 Å². The Morgan fingerprint density at radius 2 is 2.17 bits per heavy atom. The summed E-state index contributed by atoms with van der Waals surface area (Å²) in [5.74, 6) is 0.196. The SMILES string of the molecule is CCCCC1CC(=O)C=CC1=O. The molecule has 1 atom stereocenters. The minimum absolute atomic E-state index is 0.0255. The van der Waals surface area contributed by atoms with Gasteiger partial charge < -0.3 is 0 Å². The molecule has 0 fully saturated rings. The van der Waals surface area contributed by atoms with Gasteiger partial charge in [-0.3, -0.25) is 9.59 Å². The summed E-state index contributed by atoms with van der Waals surface area (Å²) in [6.45, 7) is 2.09. The summed E-state index contributed by atoms with van der Waals surface area (Å²) in [5, 5.41) is 0. The third kappa shape index (κ3) is 2.29. The van der Waals surface area contributed by atoms with Crippen molar-refractivity contribution in [1.82, 2.24) is 0 Å². The summed E-state index contributed by atoms with van der Waals surface area (Å²) in [6.07, 6.45) is 6.23. The van der Waals surface area contributed by atoms with Gasteiger partial charge in [-0.25, -0.2) is 0 Å². The van der Waals surface area contributed by atoms with E-state index in [2.05, 4.69) is 6.92 Å². The number of carbonyl (C=O) groups excluding carboxylic acids is 2. The average Bonchev–Trinajstić information content (AvgIpc) is 2.07. The highest BCUT2D eigenvalue weighted by molar-refractivity contribution is 6.05. The number of rotatable bonds is 3. The van der Waals surface area contributed by atoms with Gasteiger partial charge in [0.2, 0.25) is 0 Å². The van der Waals surface area contributed by atoms with Crippen LogP contribution in [-0.2, 0) is 9.59 Å². The molecule has 0 saturated carbocycles. The molecular formula is C10H14O2. The zero-order chi connectivity index (χ0) is 8.97. The Bertz CT molecular complexity index is 216. The lowest BCUT2D eigenvalue weighted by atomic mass is 9.88. The maximum absolute atomic E-state index is 11.2. The number of hydrogen-bond donors (Lipinski definition) is 0. The highest BCUT2D eigenvalue weighted by atomic mass is 16.1. The van der Waals surface area contributed by atoms with Crippen molar-refractivity contribution in [2.75, 3.05) is 0 Å². The Labute approximate surface area is 72.7 Å². The van der Waals surface area contributed by atoms with E-state index in [-0.39, 0.29) is 17.5 Å². The van der Waals surface area contributed by atoms with Gasteiger partial charge in [-0.1, -0.05) is 19.8 Å². The molecule has 66 valence electrons. The molecule has 0 amide bonds. The van der Waals surface area contributed by atoms with Crippen LogP contribution in [0.3, 0.4) is 0 Å². The molecule has 0 saturated heterocycles. The minimum atomic E-state index is -0.0255. The lowest BCUT2D eigenvalue weighted by Crippen LogP contribution is -2.20. The first-order valence-electron chi connectivity index (χ1n) is 4.48. The Morgan fingerprint density at radius 1 is 1.42 bits per heavy atom. The fourth-order valence-corrected chi connectivity index (χ4v) is 1.42. The summed E-state index contributed by atoms with van der Waals surface area (Å²) >= 11 is 0. The molecule has 0 heterocycles. The lowest BCUT2D eigenvalue weighted by Gasteiger charge is -2.14. The van der Waals surface area contributed by atoms with Gasteiger partial charge in [-0.05, 0) is 18.6 Å². The predicted molar refractivity (Wildman–Crippen MR) is 46.8 cm³/mol. The van der Waals surface area contributed by atoms with E-state index in [4.69, 9.17) is 0 Å². The molecule has 1 aliphatic rings. The monoisotopic (exact) mass is 166 g/mol. The molecule has 0 spiro atoms. The van der Waals surface area contributed by atoms with Gasteiger partial charge in [-0.2, -0.15) is 0 Å². The van der Waals surface area contributed by atoms with Crippen LogP contribution < -0.4 is 0 Å². The molecule has 0 aromatic rings. The molecule has 0 N–H and O–H groups in total. The van der Waals surface area contributed by atoms with Crippen molar-refractivity contribution < 1.29 is 9.59 Å². The molecule has 0 aromatic carbocycles. The normalized spacial score (nSPS) is 23.2. The first-order chi connectivity index (χ1) is 5.74. The highest BCUT2D eigenvalue weighted by Gasteiger charge is 2.21.